The number of aryl methyl sites for hydroxylation is 1. The van der Waals surface area contributed by atoms with E-state index in [4.69, 9.17) is 4.74 Å². The standard InChI is InChI=1S/C20H29NO3S/c1-13-4-5-18(24-3)19(6-13)25(22,23)21-14(2)20-10-15-7-16(11-20)9-17(8-15)12-20/h4-6,14-17,21H,7-12H2,1-3H3/t14-,15?,16?,17?,20?/m1/s1. The average Bonchev–Trinajstić information content (AvgIpc) is 2.53. The molecule has 0 unspecified atom stereocenters. The minimum absolute atomic E-state index is 0.0314. The predicted octanol–water partition coefficient (Wildman–Crippen LogP) is 3.89. The number of hydrogen-bond acceptors (Lipinski definition) is 3. The Morgan fingerprint density at radius 3 is 2.20 bits per heavy atom. The zero-order chi connectivity index (χ0) is 17.8. The molecule has 138 valence electrons. The summed E-state index contributed by atoms with van der Waals surface area (Å²) in [5.41, 5.74) is 1.07. The molecule has 5 heteroatoms. The van der Waals surface area contributed by atoms with E-state index in [2.05, 4.69) is 11.6 Å². The number of nitrogens with one attached hydrogen (secondary N) is 1. The highest BCUT2D eigenvalue weighted by Crippen LogP contribution is 2.61. The van der Waals surface area contributed by atoms with E-state index in [0.29, 0.717) is 5.75 Å². The van der Waals surface area contributed by atoms with Crippen LogP contribution in [0.1, 0.15) is 51.0 Å². The van der Waals surface area contributed by atoms with E-state index in [0.717, 1.165) is 23.3 Å². The third-order valence-electron chi connectivity index (χ3n) is 6.94. The summed E-state index contributed by atoms with van der Waals surface area (Å²) in [6.45, 7) is 3.98. The van der Waals surface area contributed by atoms with Crippen molar-refractivity contribution < 1.29 is 13.2 Å². The fraction of sp³-hybridized carbons (Fsp3) is 0.700. The summed E-state index contributed by atoms with van der Waals surface area (Å²) in [7, 11) is -2.07. The van der Waals surface area contributed by atoms with Crippen LogP contribution in [-0.2, 0) is 10.0 Å². The van der Waals surface area contributed by atoms with Gasteiger partial charge in [-0.2, -0.15) is 0 Å². The van der Waals surface area contributed by atoms with Gasteiger partial charge in [-0.25, -0.2) is 13.1 Å². The molecular formula is C20H29NO3S. The third kappa shape index (κ3) is 2.99. The Morgan fingerprint density at radius 1 is 1.12 bits per heavy atom. The molecule has 1 aromatic rings. The van der Waals surface area contributed by atoms with Gasteiger partial charge in [0.2, 0.25) is 10.0 Å². The van der Waals surface area contributed by atoms with Crippen molar-refractivity contribution in [3.05, 3.63) is 23.8 Å². The van der Waals surface area contributed by atoms with Crippen LogP contribution in [0.4, 0.5) is 0 Å². The molecule has 1 aromatic carbocycles. The van der Waals surface area contributed by atoms with Crippen molar-refractivity contribution in [3.8, 4) is 5.75 Å². The van der Waals surface area contributed by atoms with E-state index >= 15 is 0 Å². The zero-order valence-electron chi connectivity index (χ0n) is 15.4. The molecule has 4 fully saturated rings. The van der Waals surface area contributed by atoms with Gasteiger partial charge in [0.1, 0.15) is 10.6 Å². The molecule has 0 aliphatic heterocycles. The second kappa shape index (κ2) is 5.98. The smallest absolute Gasteiger partial charge is 0.244 e. The molecule has 0 amide bonds. The van der Waals surface area contributed by atoms with Gasteiger partial charge in [0.25, 0.3) is 0 Å². The molecule has 1 N–H and O–H groups in total. The molecule has 5 rings (SSSR count). The summed E-state index contributed by atoms with van der Waals surface area (Å²) in [6.07, 6.45) is 7.66. The highest BCUT2D eigenvalue weighted by Gasteiger charge is 2.53. The minimum Gasteiger partial charge on any atom is -0.495 e. The SMILES string of the molecule is COc1ccc(C)cc1S(=O)(=O)N[C@H](C)C12CC3CC(CC(C3)C1)C2. The van der Waals surface area contributed by atoms with E-state index in [-0.39, 0.29) is 16.4 Å². The van der Waals surface area contributed by atoms with Crippen LogP contribution in [0.5, 0.6) is 5.75 Å². The second-order valence-electron chi connectivity index (χ2n) is 8.78. The molecule has 25 heavy (non-hydrogen) atoms. The summed E-state index contributed by atoms with van der Waals surface area (Å²) >= 11 is 0. The Kier molecular flexibility index (Phi) is 4.15. The summed E-state index contributed by atoms with van der Waals surface area (Å²) in [5, 5.41) is 0. The molecule has 4 aliphatic carbocycles. The first-order chi connectivity index (χ1) is 11.8. The molecule has 4 nitrogen and oxygen atoms in total. The number of rotatable bonds is 5. The van der Waals surface area contributed by atoms with Gasteiger partial charge in [-0.15, -0.1) is 0 Å². The maximum absolute atomic E-state index is 13.1. The first-order valence-corrected chi connectivity index (χ1v) is 11.0. The Balaban J connectivity index is 1.60. The Hall–Kier alpha value is -1.07. The predicted molar refractivity (Wildman–Crippen MR) is 98.1 cm³/mol. The quantitative estimate of drug-likeness (QED) is 0.863. The molecule has 4 saturated carbocycles. The first kappa shape index (κ1) is 17.3. The van der Waals surface area contributed by atoms with Gasteiger partial charge >= 0.3 is 0 Å². The van der Waals surface area contributed by atoms with Crippen molar-refractivity contribution in [2.45, 2.75) is 63.3 Å². The monoisotopic (exact) mass is 363 g/mol. The molecule has 0 heterocycles. The molecule has 0 saturated heterocycles. The first-order valence-electron chi connectivity index (χ1n) is 9.48. The maximum atomic E-state index is 13.1. The van der Waals surface area contributed by atoms with Crippen LogP contribution in [0.15, 0.2) is 23.1 Å². The van der Waals surface area contributed by atoms with E-state index < -0.39 is 10.0 Å². The molecule has 0 aromatic heterocycles. The van der Waals surface area contributed by atoms with Crippen LogP contribution in [0.25, 0.3) is 0 Å². The molecule has 4 aliphatic rings. The zero-order valence-corrected chi connectivity index (χ0v) is 16.2. The summed E-state index contributed by atoms with van der Waals surface area (Å²) in [5.74, 6) is 2.85. The van der Waals surface area contributed by atoms with Crippen LogP contribution in [0.2, 0.25) is 0 Å². The number of hydrogen-bond donors (Lipinski definition) is 1. The number of benzene rings is 1. The maximum Gasteiger partial charge on any atom is 0.244 e. The van der Waals surface area contributed by atoms with Crippen LogP contribution in [-0.4, -0.2) is 21.6 Å². The Labute approximate surface area is 151 Å². The van der Waals surface area contributed by atoms with Crippen LogP contribution >= 0.6 is 0 Å². The van der Waals surface area contributed by atoms with Crippen LogP contribution in [0.3, 0.4) is 0 Å². The molecule has 0 radical (unpaired) electrons. The van der Waals surface area contributed by atoms with Gasteiger partial charge in [-0.1, -0.05) is 6.07 Å². The van der Waals surface area contributed by atoms with E-state index in [9.17, 15) is 8.42 Å². The third-order valence-corrected chi connectivity index (χ3v) is 8.51. The molecule has 1 atom stereocenters. The summed E-state index contributed by atoms with van der Waals surface area (Å²) < 4.78 is 34.5. The fourth-order valence-corrected chi connectivity index (χ4v) is 7.72. The topological polar surface area (TPSA) is 55.4 Å². The lowest BCUT2D eigenvalue weighted by Gasteiger charge is -2.59. The van der Waals surface area contributed by atoms with Crippen molar-refractivity contribution in [1.82, 2.24) is 4.72 Å². The van der Waals surface area contributed by atoms with Crippen molar-refractivity contribution in [2.75, 3.05) is 7.11 Å². The number of ether oxygens (including phenoxy) is 1. The Bertz CT molecular complexity index is 736. The molecule has 0 spiro atoms. The lowest BCUT2D eigenvalue weighted by atomic mass is 9.48. The lowest BCUT2D eigenvalue weighted by Crippen LogP contribution is -2.55. The van der Waals surface area contributed by atoms with Gasteiger partial charge in [0.15, 0.2) is 0 Å². The van der Waals surface area contributed by atoms with Gasteiger partial charge in [0.05, 0.1) is 7.11 Å². The van der Waals surface area contributed by atoms with Crippen molar-refractivity contribution >= 4 is 10.0 Å². The second-order valence-corrected chi connectivity index (χ2v) is 10.5. The normalized spacial score (nSPS) is 34.9. The minimum atomic E-state index is -3.59. The van der Waals surface area contributed by atoms with Crippen molar-refractivity contribution in [3.63, 3.8) is 0 Å². The number of sulfonamides is 1. The Morgan fingerprint density at radius 2 is 1.68 bits per heavy atom. The highest BCUT2D eigenvalue weighted by atomic mass is 32.2. The van der Waals surface area contributed by atoms with E-state index in [1.54, 1.807) is 12.1 Å². The van der Waals surface area contributed by atoms with Gasteiger partial charge in [-0.3, -0.25) is 0 Å². The highest BCUT2D eigenvalue weighted by molar-refractivity contribution is 7.89. The van der Waals surface area contributed by atoms with Crippen molar-refractivity contribution in [1.29, 1.82) is 0 Å². The summed E-state index contributed by atoms with van der Waals surface area (Å²) in [4.78, 5) is 0.256. The summed E-state index contributed by atoms with van der Waals surface area (Å²) in [6, 6.07) is 5.28. The largest absolute Gasteiger partial charge is 0.495 e. The molecule has 4 bridgehead atoms. The van der Waals surface area contributed by atoms with Crippen molar-refractivity contribution in [2.24, 2.45) is 23.2 Å². The van der Waals surface area contributed by atoms with E-state index in [1.165, 1.54) is 45.6 Å². The van der Waals surface area contributed by atoms with Gasteiger partial charge in [0, 0.05) is 6.04 Å². The fourth-order valence-electron chi connectivity index (χ4n) is 6.12. The van der Waals surface area contributed by atoms with Gasteiger partial charge in [-0.05, 0) is 93.2 Å². The average molecular weight is 364 g/mol. The lowest BCUT2D eigenvalue weighted by molar-refractivity contribution is -0.0666. The van der Waals surface area contributed by atoms with E-state index in [1.807, 2.05) is 13.0 Å². The van der Waals surface area contributed by atoms with Crippen LogP contribution < -0.4 is 9.46 Å². The number of methoxy groups -OCH3 is 1. The van der Waals surface area contributed by atoms with Crippen LogP contribution in [0, 0.1) is 30.1 Å². The van der Waals surface area contributed by atoms with Gasteiger partial charge < -0.3 is 4.74 Å². The molecular weight excluding hydrogens is 334 g/mol.